The van der Waals surface area contributed by atoms with Crippen molar-refractivity contribution < 1.29 is 9.53 Å². The van der Waals surface area contributed by atoms with Gasteiger partial charge in [0.2, 0.25) is 0 Å². The summed E-state index contributed by atoms with van der Waals surface area (Å²) in [5.74, 6) is 1.89. The monoisotopic (exact) mass is 408 g/mol. The standard InChI is InChI=1S/C24H32N4O2/c1-4-25-24(26-18-19-10-12-20(13-11-19)23(29)27(2)3)28-16-14-22(15-17-28)30-21-8-6-5-7-9-21/h5-13,22H,4,14-18H2,1-3H3,(H,25,26). The molecule has 1 aliphatic heterocycles. The molecule has 1 saturated heterocycles. The molecule has 0 spiro atoms. The minimum absolute atomic E-state index is 0.0129. The third-order valence-corrected chi connectivity index (χ3v) is 5.14. The largest absolute Gasteiger partial charge is 0.490 e. The molecule has 2 aromatic rings. The van der Waals surface area contributed by atoms with E-state index in [1.54, 1.807) is 19.0 Å². The molecule has 160 valence electrons. The minimum Gasteiger partial charge on any atom is -0.490 e. The van der Waals surface area contributed by atoms with Crippen LogP contribution in [0.3, 0.4) is 0 Å². The number of guanidine groups is 1. The Morgan fingerprint density at radius 1 is 1.10 bits per heavy atom. The zero-order valence-electron chi connectivity index (χ0n) is 18.2. The molecule has 1 amide bonds. The first-order valence-corrected chi connectivity index (χ1v) is 10.6. The van der Waals surface area contributed by atoms with Crippen molar-refractivity contribution in [1.82, 2.24) is 15.1 Å². The number of nitrogens with one attached hydrogen (secondary N) is 1. The lowest BCUT2D eigenvalue weighted by molar-refractivity contribution is 0.0827. The van der Waals surface area contributed by atoms with E-state index in [2.05, 4.69) is 17.1 Å². The predicted octanol–water partition coefficient (Wildman–Crippen LogP) is 3.40. The second-order valence-corrected chi connectivity index (χ2v) is 7.68. The lowest BCUT2D eigenvalue weighted by Gasteiger charge is -2.34. The number of likely N-dealkylation sites (tertiary alicyclic amines) is 1. The summed E-state index contributed by atoms with van der Waals surface area (Å²) in [4.78, 5) is 20.7. The SMILES string of the molecule is CCNC(=NCc1ccc(C(=O)N(C)C)cc1)N1CCC(Oc2ccccc2)CC1. The van der Waals surface area contributed by atoms with Crippen LogP contribution in [0, 0.1) is 0 Å². The highest BCUT2D eigenvalue weighted by Gasteiger charge is 2.22. The number of piperidine rings is 1. The minimum atomic E-state index is 0.0129. The third kappa shape index (κ3) is 5.99. The van der Waals surface area contributed by atoms with E-state index < -0.39 is 0 Å². The van der Waals surface area contributed by atoms with Gasteiger partial charge in [0.25, 0.3) is 5.91 Å². The van der Waals surface area contributed by atoms with Crippen LogP contribution in [0.4, 0.5) is 0 Å². The van der Waals surface area contributed by atoms with E-state index >= 15 is 0 Å². The molecule has 2 aromatic carbocycles. The molecule has 0 bridgehead atoms. The summed E-state index contributed by atoms with van der Waals surface area (Å²) in [7, 11) is 3.52. The Kier molecular flexibility index (Phi) is 7.71. The van der Waals surface area contributed by atoms with Crippen LogP contribution < -0.4 is 10.1 Å². The van der Waals surface area contributed by atoms with Crippen LogP contribution >= 0.6 is 0 Å². The average Bonchev–Trinajstić information content (AvgIpc) is 2.78. The summed E-state index contributed by atoms with van der Waals surface area (Å²) < 4.78 is 6.10. The number of hydrogen-bond donors (Lipinski definition) is 1. The van der Waals surface area contributed by atoms with Gasteiger partial charge in [-0.15, -0.1) is 0 Å². The Bertz CT molecular complexity index is 826. The van der Waals surface area contributed by atoms with Gasteiger partial charge in [0.15, 0.2) is 5.96 Å². The summed E-state index contributed by atoms with van der Waals surface area (Å²) in [6, 6.07) is 17.7. The van der Waals surface area contributed by atoms with Crippen LogP contribution in [-0.2, 0) is 6.54 Å². The van der Waals surface area contributed by atoms with Gasteiger partial charge in [-0.3, -0.25) is 4.79 Å². The second-order valence-electron chi connectivity index (χ2n) is 7.68. The highest BCUT2D eigenvalue weighted by molar-refractivity contribution is 5.93. The number of nitrogens with zero attached hydrogens (tertiary/aromatic N) is 3. The molecule has 3 rings (SSSR count). The molecule has 1 fully saturated rings. The molecule has 0 unspecified atom stereocenters. The Labute approximate surface area is 179 Å². The summed E-state index contributed by atoms with van der Waals surface area (Å²) in [5, 5.41) is 3.41. The van der Waals surface area contributed by atoms with Crippen molar-refractivity contribution in [2.24, 2.45) is 4.99 Å². The fraction of sp³-hybridized carbons (Fsp3) is 0.417. The number of hydrogen-bond acceptors (Lipinski definition) is 3. The molecule has 0 saturated carbocycles. The van der Waals surface area contributed by atoms with Gasteiger partial charge >= 0.3 is 0 Å². The van der Waals surface area contributed by atoms with E-state index in [0.717, 1.165) is 49.7 Å². The van der Waals surface area contributed by atoms with Crippen molar-refractivity contribution in [3.05, 3.63) is 65.7 Å². The first-order valence-electron chi connectivity index (χ1n) is 10.6. The Balaban J connectivity index is 1.56. The van der Waals surface area contributed by atoms with Gasteiger partial charge < -0.3 is 19.9 Å². The van der Waals surface area contributed by atoms with E-state index in [-0.39, 0.29) is 12.0 Å². The van der Waals surface area contributed by atoms with Gasteiger partial charge in [0, 0.05) is 52.1 Å². The highest BCUT2D eigenvalue weighted by Crippen LogP contribution is 2.19. The molecule has 0 atom stereocenters. The smallest absolute Gasteiger partial charge is 0.253 e. The molecule has 1 N–H and O–H groups in total. The molecule has 1 heterocycles. The summed E-state index contributed by atoms with van der Waals surface area (Å²) in [6.45, 7) is 5.33. The highest BCUT2D eigenvalue weighted by atomic mass is 16.5. The maximum atomic E-state index is 12.0. The van der Waals surface area contributed by atoms with Crippen LogP contribution in [0.15, 0.2) is 59.6 Å². The summed E-state index contributed by atoms with van der Waals surface area (Å²) in [5.41, 5.74) is 1.78. The van der Waals surface area contributed by atoms with Gasteiger partial charge in [0.1, 0.15) is 11.9 Å². The molecular formula is C24H32N4O2. The molecule has 1 aliphatic rings. The molecule has 6 nitrogen and oxygen atoms in total. The number of para-hydroxylation sites is 1. The fourth-order valence-corrected chi connectivity index (χ4v) is 3.48. The maximum Gasteiger partial charge on any atom is 0.253 e. The van der Waals surface area contributed by atoms with Crippen LogP contribution in [0.1, 0.15) is 35.7 Å². The molecule has 0 aliphatic carbocycles. The fourth-order valence-electron chi connectivity index (χ4n) is 3.48. The van der Waals surface area contributed by atoms with Gasteiger partial charge in [-0.2, -0.15) is 0 Å². The molecular weight excluding hydrogens is 376 g/mol. The van der Waals surface area contributed by atoms with E-state index in [0.29, 0.717) is 12.1 Å². The average molecular weight is 409 g/mol. The lowest BCUT2D eigenvalue weighted by Crippen LogP contribution is -2.47. The van der Waals surface area contributed by atoms with Crippen LogP contribution in [-0.4, -0.2) is 61.5 Å². The van der Waals surface area contributed by atoms with Gasteiger partial charge in [-0.05, 0) is 36.8 Å². The van der Waals surface area contributed by atoms with Crippen molar-refractivity contribution in [3.63, 3.8) is 0 Å². The number of carbonyl (C=O) groups excluding carboxylic acids is 1. The summed E-state index contributed by atoms with van der Waals surface area (Å²) >= 11 is 0. The van der Waals surface area contributed by atoms with Crippen molar-refractivity contribution in [2.75, 3.05) is 33.7 Å². The first kappa shape index (κ1) is 21.7. The third-order valence-electron chi connectivity index (χ3n) is 5.14. The number of ether oxygens (including phenoxy) is 1. The van der Waals surface area contributed by atoms with E-state index in [4.69, 9.17) is 9.73 Å². The molecule has 30 heavy (non-hydrogen) atoms. The van der Waals surface area contributed by atoms with Gasteiger partial charge in [-0.25, -0.2) is 4.99 Å². The number of aliphatic imine (C=N–C) groups is 1. The molecule has 6 heteroatoms. The Morgan fingerprint density at radius 2 is 1.77 bits per heavy atom. The zero-order valence-corrected chi connectivity index (χ0v) is 18.2. The molecule has 0 aromatic heterocycles. The van der Waals surface area contributed by atoms with E-state index in [1.165, 1.54) is 0 Å². The van der Waals surface area contributed by atoms with E-state index in [1.807, 2.05) is 54.6 Å². The van der Waals surface area contributed by atoms with Crippen molar-refractivity contribution in [3.8, 4) is 5.75 Å². The van der Waals surface area contributed by atoms with E-state index in [9.17, 15) is 4.79 Å². The Morgan fingerprint density at radius 3 is 2.37 bits per heavy atom. The van der Waals surface area contributed by atoms with Crippen LogP contribution in [0.2, 0.25) is 0 Å². The Hall–Kier alpha value is -3.02. The van der Waals surface area contributed by atoms with Gasteiger partial charge in [0.05, 0.1) is 6.54 Å². The number of benzene rings is 2. The second kappa shape index (κ2) is 10.7. The number of carbonyl (C=O) groups is 1. The number of rotatable bonds is 6. The number of amides is 1. The molecule has 0 radical (unpaired) electrons. The normalized spacial score (nSPS) is 15.0. The first-order chi connectivity index (χ1) is 14.6. The van der Waals surface area contributed by atoms with Gasteiger partial charge in [-0.1, -0.05) is 30.3 Å². The predicted molar refractivity (Wildman–Crippen MR) is 121 cm³/mol. The summed E-state index contributed by atoms with van der Waals surface area (Å²) in [6.07, 6.45) is 2.19. The van der Waals surface area contributed by atoms with Crippen molar-refractivity contribution >= 4 is 11.9 Å². The maximum absolute atomic E-state index is 12.0. The topological polar surface area (TPSA) is 57.2 Å². The van der Waals surface area contributed by atoms with Crippen molar-refractivity contribution in [2.45, 2.75) is 32.4 Å². The lowest BCUT2D eigenvalue weighted by atomic mass is 10.1. The van der Waals surface area contributed by atoms with Crippen LogP contribution in [0.5, 0.6) is 5.75 Å². The van der Waals surface area contributed by atoms with Crippen molar-refractivity contribution in [1.29, 1.82) is 0 Å². The zero-order chi connectivity index (χ0) is 21.3. The quantitative estimate of drug-likeness (QED) is 0.588. The van der Waals surface area contributed by atoms with Crippen LogP contribution in [0.25, 0.3) is 0 Å².